The molecule has 0 atom stereocenters. The Hall–Kier alpha value is -2.69. The molecule has 0 aliphatic carbocycles. The lowest BCUT2D eigenvalue weighted by Crippen LogP contribution is -2.36. The third-order valence-corrected chi connectivity index (χ3v) is 6.89. The predicted molar refractivity (Wildman–Crippen MR) is 112 cm³/mol. The van der Waals surface area contributed by atoms with E-state index in [1.807, 2.05) is 0 Å². The molecular weight excluding hydrogens is 398 g/mol. The lowest BCUT2D eigenvalue weighted by Gasteiger charge is -2.25. The van der Waals surface area contributed by atoms with Crippen molar-refractivity contribution in [3.8, 4) is 0 Å². The van der Waals surface area contributed by atoms with Gasteiger partial charge in [-0.1, -0.05) is 11.3 Å². The highest BCUT2D eigenvalue weighted by Crippen LogP contribution is 2.40. The fourth-order valence-electron chi connectivity index (χ4n) is 3.16. The highest BCUT2D eigenvalue weighted by Gasteiger charge is 2.23. The summed E-state index contributed by atoms with van der Waals surface area (Å²) in [4.78, 5) is 25.2. The van der Waals surface area contributed by atoms with E-state index in [-0.39, 0.29) is 5.91 Å². The first-order chi connectivity index (χ1) is 13.6. The minimum Gasteiger partial charge on any atom is -0.441 e. The number of morpholine rings is 1. The Balaban J connectivity index is 1.40. The molecule has 1 saturated heterocycles. The van der Waals surface area contributed by atoms with Crippen molar-refractivity contribution >= 4 is 65.7 Å². The minimum atomic E-state index is -0.250. The molecule has 5 rings (SSSR count). The van der Waals surface area contributed by atoms with E-state index >= 15 is 0 Å². The molecule has 0 saturated carbocycles. The van der Waals surface area contributed by atoms with Gasteiger partial charge in [-0.15, -0.1) is 11.3 Å². The molecule has 1 fully saturated rings. The number of oxazole rings is 1. The van der Waals surface area contributed by atoms with E-state index in [9.17, 15) is 4.79 Å². The number of thiophene rings is 1. The van der Waals surface area contributed by atoms with Gasteiger partial charge in [0.1, 0.15) is 15.2 Å². The van der Waals surface area contributed by atoms with Gasteiger partial charge in [0.05, 0.1) is 23.6 Å². The highest BCUT2D eigenvalue weighted by atomic mass is 32.1. The number of aromatic nitrogens is 2. The van der Waals surface area contributed by atoms with Crippen LogP contribution in [0.4, 0.5) is 16.5 Å². The second-order valence-corrected chi connectivity index (χ2v) is 8.42. The summed E-state index contributed by atoms with van der Waals surface area (Å²) >= 11 is 2.84. The van der Waals surface area contributed by atoms with E-state index in [4.69, 9.17) is 14.9 Å². The maximum Gasteiger partial charge on any atom is 0.267 e. The van der Waals surface area contributed by atoms with Crippen molar-refractivity contribution in [2.45, 2.75) is 6.92 Å². The first kappa shape index (κ1) is 17.4. The molecule has 3 aromatic heterocycles. The zero-order valence-electron chi connectivity index (χ0n) is 15.0. The van der Waals surface area contributed by atoms with E-state index < -0.39 is 0 Å². The fraction of sp³-hybridized carbons (Fsp3) is 0.278. The molecule has 144 valence electrons. The first-order valence-corrected chi connectivity index (χ1v) is 10.4. The Kier molecular flexibility index (Phi) is 4.18. The summed E-state index contributed by atoms with van der Waals surface area (Å²) in [7, 11) is 0. The number of amides is 1. The van der Waals surface area contributed by atoms with Crippen molar-refractivity contribution < 1.29 is 13.9 Å². The Labute approximate surface area is 167 Å². The molecule has 28 heavy (non-hydrogen) atoms. The molecule has 4 heterocycles. The minimum absolute atomic E-state index is 0.250. The van der Waals surface area contributed by atoms with E-state index in [1.165, 1.54) is 22.7 Å². The van der Waals surface area contributed by atoms with E-state index in [0.29, 0.717) is 46.5 Å². The van der Waals surface area contributed by atoms with Crippen LogP contribution in [0.25, 0.3) is 20.6 Å². The molecule has 0 unspecified atom stereocenters. The number of carbonyl (C=O) groups excluding carboxylic acids is 1. The molecular formula is C18H17N5O3S2. The molecule has 1 aromatic carbocycles. The van der Waals surface area contributed by atoms with E-state index in [1.54, 1.807) is 25.1 Å². The van der Waals surface area contributed by atoms with Crippen LogP contribution in [0.15, 0.2) is 22.6 Å². The lowest BCUT2D eigenvalue weighted by molar-refractivity contribution is 0.103. The molecule has 1 aliphatic heterocycles. The van der Waals surface area contributed by atoms with Gasteiger partial charge in [-0.25, -0.2) is 9.97 Å². The number of anilines is 3. The van der Waals surface area contributed by atoms with Crippen molar-refractivity contribution in [3.63, 3.8) is 0 Å². The van der Waals surface area contributed by atoms with Crippen LogP contribution in [0.2, 0.25) is 0 Å². The summed E-state index contributed by atoms with van der Waals surface area (Å²) in [5, 5.41) is 3.81. The molecule has 0 bridgehead atoms. The summed E-state index contributed by atoms with van der Waals surface area (Å²) in [5.74, 6) is 0.337. The van der Waals surface area contributed by atoms with Crippen LogP contribution in [0.3, 0.4) is 0 Å². The van der Waals surface area contributed by atoms with Crippen LogP contribution in [-0.4, -0.2) is 42.2 Å². The molecule has 8 nitrogen and oxygen atoms in total. The summed E-state index contributed by atoms with van der Waals surface area (Å²) in [6.45, 7) is 4.82. The normalized spacial score (nSPS) is 14.8. The van der Waals surface area contributed by atoms with Crippen LogP contribution in [0.1, 0.15) is 15.6 Å². The number of hydrogen-bond donors (Lipinski definition) is 2. The number of carbonyl (C=O) groups is 1. The number of nitrogen functional groups attached to an aromatic ring is 1. The average Bonchev–Trinajstić information content (AvgIpc) is 3.35. The number of nitrogens with two attached hydrogens (primary N) is 1. The van der Waals surface area contributed by atoms with Crippen LogP contribution >= 0.6 is 22.7 Å². The van der Waals surface area contributed by atoms with Crippen LogP contribution < -0.4 is 16.0 Å². The number of thiazole rings is 1. The average molecular weight is 416 g/mol. The topological polar surface area (TPSA) is 107 Å². The molecule has 1 amide bonds. The van der Waals surface area contributed by atoms with Gasteiger partial charge in [-0.05, 0) is 18.2 Å². The quantitative estimate of drug-likeness (QED) is 0.527. The SMILES string of the molecule is Cc1nc2cc(NC(=O)c3sc4nc(N5CCOCC5)sc4c3N)ccc2o1. The Bertz CT molecular complexity index is 1190. The third kappa shape index (κ3) is 2.99. The molecule has 10 heteroatoms. The number of aryl methyl sites for hydroxylation is 1. The third-order valence-electron chi connectivity index (χ3n) is 4.51. The molecule has 0 spiro atoms. The standard InChI is InChI=1S/C18H17N5O3S2/c1-9-20-11-8-10(2-3-12(11)26-9)21-16(24)14-13(19)15-17(27-14)22-18(28-15)23-4-6-25-7-5-23/h2-3,8H,4-7,19H2,1H3,(H,21,24). The van der Waals surface area contributed by atoms with Gasteiger partial charge in [0.2, 0.25) is 0 Å². The highest BCUT2D eigenvalue weighted by molar-refractivity contribution is 7.30. The molecule has 0 radical (unpaired) electrons. The summed E-state index contributed by atoms with van der Waals surface area (Å²) in [6, 6.07) is 5.36. The van der Waals surface area contributed by atoms with E-state index in [2.05, 4.69) is 20.2 Å². The van der Waals surface area contributed by atoms with Gasteiger partial charge < -0.3 is 25.1 Å². The van der Waals surface area contributed by atoms with Crippen LogP contribution in [-0.2, 0) is 4.74 Å². The van der Waals surface area contributed by atoms with Gasteiger partial charge in [-0.3, -0.25) is 4.79 Å². The number of nitrogens with one attached hydrogen (secondary N) is 1. The number of rotatable bonds is 3. The Morgan fingerprint density at radius 2 is 2.07 bits per heavy atom. The van der Waals surface area contributed by atoms with Crippen LogP contribution in [0.5, 0.6) is 0 Å². The second kappa shape index (κ2) is 6.73. The zero-order chi connectivity index (χ0) is 19.3. The summed E-state index contributed by atoms with van der Waals surface area (Å²) in [5.41, 5.74) is 8.79. The Morgan fingerprint density at radius 1 is 1.25 bits per heavy atom. The van der Waals surface area contributed by atoms with Crippen molar-refractivity contribution in [1.82, 2.24) is 9.97 Å². The summed E-state index contributed by atoms with van der Waals surface area (Å²) < 4.78 is 11.7. The molecule has 4 aromatic rings. The number of ether oxygens (including phenoxy) is 1. The van der Waals surface area contributed by atoms with Crippen LogP contribution in [0, 0.1) is 6.92 Å². The van der Waals surface area contributed by atoms with Gasteiger partial charge in [0, 0.05) is 25.7 Å². The Morgan fingerprint density at radius 3 is 2.86 bits per heavy atom. The molecule has 1 aliphatic rings. The zero-order valence-corrected chi connectivity index (χ0v) is 16.7. The maximum atomic E-state index is 12.8. The second-order valence-electron chi connectivity index (χ2n) is 6.44. The van der Waals surface area contributed by atoms with Gasteiger partial charge in [0.25, 0.3) is 5.91 Å². The smallest absolute Gasteiger partial charge is 0.267 e. The fourth-order valence-corrected chi connectivity index (χ4v) is 5.39. The van der Waals surface area contributed by atoms with Gasteiger partial charge >= 0.3 is 0 Å². The van der Waals surface area contributed by atoms with Gasteiger partial charge in [0.15, 0.2) is 16.6 Å². The van der Waals surface area contributed by atoms with Gasteiger partial charge in [-0.2, -0.15) is 0 Å². The number of nitrogens with zero attached hydrogens (tertiary/aromatic N) is 3. The van der Waals surface area contributed by atoms with Crippen molar-refractivity contribution in [2.24, 2.45) is 0 Å². The lowest BCUT2D eigenvalue weighted by atomic mass is 10.2. The van der Waals surface area contributed by atoms with Crippen molar-refractivity contribution in [3.05, 3.63) is 29.0 Å². The number of benzene rings is 1. The largest absolute Gasteiger partial charge is 0.441 e. The van der Waals surface area contributed by atoms with Crippen molar-refractivity contribution in [2.75, 3.05) is 42.3 Å². The first-order valence-electron chi connectivity index (χ1n) is 8.78. The maximum absolute atomic E-state index is 12.8. The number of fused-ring (bicyclic) bond motifs is 2. The summed E-state index contributed by atoms with van der Waals surface area (Å²) in [6.07, 6.45) is 0. The predicted octanol–water partition coefficient (Wildman–Crippen LogP) is 3.48. The monoisotopic (exact) mass is 415 g/mol. The molecule has 3 N–H and O–H groups in total. The van der Waals surface area contributed by atoms with E-state index in [0.717, 1.165) is 27.8 Å². The van der Waals surface area contributed by atoms with Crippen molar-refractivity contribution in [1.29, 1.82) is 0 Å². The number of hydrogen-bond acceptors (Lipinski definition) is 9.